The average Bonchev–Trinajstić information content (AvgIpc) is 2.78. The Bertz CT molecular complexity index is 551. The molecule has 1 aromatic heterocycles. The molecular weight excluding hydrogens is 386 g/mol. The Kier molecular flexibility index (Phi) is 5.63. The Morgan fingerprint density at radius 1 is 1.21 bits per heavy atom. The number of aryl methyl sites for hydroxylation is 1. The van der Waals surface area contributed by atoms with Crippen LogP contribution in [0.15, 0.2) is 38.6 Å². The quantitative estimate of drug-likeness (QED) is 0.679. The SMILES string of the molecule is CCCNC(c1ccc(C)cc1Br)c1sccc1Br. The lowest BCUT2D eigenvalue weighted by atomic mass is 10.0. The van der Waals surface area contributed by atoms with Crippen LogP contribution >= 0.6 is 43.2 Å². The fourth-order valence-electron chi connectivity index (χ4n) is 2.01. The second-order valence-corrected chi connectivity index (χ2v) is 7.20. The Morgan fingerprint density at radius 2 is 2.00 bits per heavy atom. The minimum Gasteiger partial charge on any atom is -0.306 e. The number of hydrogen-bond acceptors (Lipinski definition) is 2. The van der Waals surface area contributed by atoms with Crippen LogP contribution in [0.25, 0.3) is 0 Å². The zero-order chi connectivity index (χ0) is 13.8. The summed E-state index contributed by atoms with van der Waals surface area (Å²) in [6.45, 7) is 5.32. The highest BCUT2D eigenvalue weighted by Gasteiger charge is 2.19. The van der Waals surface area contributed by atoms with Crippen LogP contribution < -0.4 is 5.32 Å². The van der Waals surface area contributed by atoms with Crippen LogP contribution in [0.2, 0.25) is 0 Å². The van der Waals surface area contributed by atoms with Crippen molar-refractivity contribution in [3.63, 3.8) is 0 Å². The van der Waals surface area contributed by atoms with Gasteiger partial charge < -0.3 is 5.32 Å². The van der Waals surface area contributed by atoms with Gasteiger partial charge in [0.1, 0.15) is 0 Å². The third-order valence-electron chi connectivity index (χ3n) is 2.97. The molecule has 1 atom stereocenters. The topological polar surface area (TPSA) is 12.0 Å². The van der Waals surface area contributed by atoms with E-state index in [1.165, 1.54) is 24.9 Å². The minimum absolute atomic E-state index is 0.240. The summed E-state index contributed by atoms with van der Waals surface area (Å²) in [5.41, 5.74) is 2.57. The maximum Gasteiger partial charge on any atom is 0.0693 e. The van der Waals surface area contributed by atoms with Crippen molar-refractivity contribution in [1.29, 1.82) is 0 Å². The first kappa shape index (κ1) is 15.2. The zero-order valence-corrected chi connectivity index (χ0v) is 15.0. The van der Waals surface area contributed by atoms with Crippen molar-refractivity contribution >= 4 is 43.2 Å². The number of thiophene rings is 1. The highest BCUT2D eigenvalue weighted by molar-refractivity contribution is 9.10. The average molecular weight is 403 g/mol. The molecule has 0 amide bonds. The molecule has 0 aliphatic heterocycles. The molecule has 2 aromatic rings. The maximum atomic E-state index is 3.70. The smallest absolute Gasteiger partial charge is 0.0693 e. The number of benzene rings is 1. The van der Waals surface area contributed by atoms with Crippen LogP contribution in [-0.2, 0) is 0 Å². The van der Waals surface area contributed by atoms with Crippen molar-refractivity contribution in [2.24, 2.45) is 0 Å². The molecule has 4 heteroatoms. The van der Waals surface area contributed by atoms with Gasteiger partial charge in [-0.15, -0.1) is 11.3 Å². The highest BCUT2D eigenvalue weighted by atomic mass is 79.9. The third kappa shape index (κ3) is 3.69. The van der Waals surface area contributed by atoms with Crippen molar-refractivity contribution in [3.05, 3.63) is 54.6 Å². The van der Waals surface area contributed by atoms with E-state index in [0.29, 0.717) is 0 Å². The molecule has 0 aliphatic rings. The van der Waals surface area contributed by atoms with Gasteiger partial charge in [-0.05, 0) is 64.5 Å². The Labute approximate surface area is 135 Å². The summed E-state index contributed by atoms with van der Waals surface area (Å²) >= 11 is 9.13. The molecule has 1 aromatic carbocycles. The van der Waals surface area contributed by atoms with Gasteiger partial charge in [0.25, 0.3) is 0 Å². The van der Waals surface area contributed by atoms with Gasteiger partial charge in [0.2, 0.25) is 0 Å². The summed E-state index contributed by atoms with van der Waals surface area (Å²) in [6.07, 6.45) is 1.13. The van der Waals surface area contributed by atoms with E-state index < -0.39 is 0 Å². The molecule has 1 nitrogen and oxygen atoms in total. The Hall–Kier alpha value is -0.160. The van der Waals surface area contributed by atoms with Crippen LogP contribution in [0, 0.1) is 6.92 Å². The summed E-state index contributed by atoms with van der Waals surface area (Å²) in [7, 11) is 0. The van der Waals surface area contributed by atoms with Crippen molar-refractivity contribution < 1.29 is 0 Å². The van der Waals surface area contributed by atoms with E-state index in [9.17, 15) is 0 Å². The maximum absolute atomic E-state index is 3.70. The van der Waals surface area contributed by atoms with Crippen LogP contribution in [0.3, 0.4) is 0 Å². The van der Waals surface area contributed by atoms with Gasteiger partial charge in [-0.3, -0.25) is 0 Å². The van der Waals surface area contributed by atoms with Crippen molar-refractivity contribution in [2.45, 2.75) is 26.3 Å². The van der Waals surface area contributed by atoms with Gasteiger partial charge in [0, 0.05) is 13.8 Å². The van der Waals surface area contributed by atoms with E-state index in [1.807, 2.05) is 0 Å². The molecule has 0 saturated carbocycles. The largest absolute Gasteiger partial charge is 0.306 e. The molecule has 2 rings (SSSR count). The van der Waals surface area contributed by atoms with Gasteiger partial charge in [-0.25, -0.2) is 0 Å². The van der Waals surface area contributed by atoms with E-state index in [-0.39, 0.29) is 6.04 Å². The summed E-state index contributed by atoms with van der Waals surface area (Å²) in [5, 5.41) is 5.77. The molecule has 0 spiro atoms. The summed E-state index contributed by atoms with van der Waals surface area (Å²) < 4.78 is 2.35. The predicted octanol–water partition coefficient (Wildman–Crippen LogP) is 5.67. The summed E-state index contributed by atoms with van der Waals surface area (Å²) in [4.78, 5) is 1.33. The molecule has 1 N–H and O–H groups in total. The van der Waals surface area contributed by atoms with Gasteiger partial charge >= 0.3 is 0 Å². The van der Waals surface area contributed by atoms with Crippen LogP contribution in [0.5, 0.6) is 0 Å². The standard InChI is InChI=1S/C15H17Br2NS/c1-3-7-18-14(15-12(16)6-8-19-15)11-5-4-10(2)9-13(11)17/h4-6,8-9,14,18H,3,7H2,1-2H3. The summed E-state index contributed by atoms with van der Waals surface area (Å²) in [6, 6.07) is 8.91. The molecule has 0 radical (unpaired) electrons. The van der Waals surface area contributed by atoms with Crippen molar-refractivity contribution in [1.82, 2.24) is 5.32 Å². The van der Waals surface area contributed by atoms with E-state index in [0.717, 1.165) is 13.0 Å². The van der Waals surface area contributed by atoms with E-state index in [4.69, 9.17) is 0 Å². The number of halogens is 2. The van der Waals surface area contributed by atoms with Gasteiger partial charge in [-0.2, -0.15) is 0 Å². The lowest BCUT2D eigenvalue weighted by Gasteiger charge is -2.20. The number of nitrogens with one attached hydrogen (secondary N) is 1. The summed E-state index contributed by atoms with van der Waals surface area (Å²) in [5.74, 6) is 0. The number of hydrogen-bond donors (Lipinski definition) is 1. The van der Waals surface area contributed by atoms with E-state index in [1.54, 1.807) is 11.3 Å². The molecule has 0 aliphatic carbocycles. The normalized spacial score (nSPS) is 12.6. The molecule has 0 fully saturated rings. The monoisotopic (exact) mass is 401 g/mol. The van der Waals surface area contributed by atoms with Gasteiger partial charge in [0.05, 0.1) is 6.04 Å². The van der Waals surface area contributed by atoms with Crippen LogP contribution in [0.1, 0.15) is 35.4 Å². The zero-order valence-electron chi connectivity index (χ0n) is 11.0. The lowest BCUT2D eigenvalue weighted by Crippen LogP contribution is -2.23. The fraction of sp³-hybridized carbons (Fsp3) is 0.333. The third-order valence-corrected chi connectivity index (χ3v) is 5.59. The Morgan fingerprint density at radius 3 is 2.58 bits per heavy atom. The molecule has 1 heterocycles. The molecule has 0 saturated heterocycles. The fourth-order valence-corrected chi connectivity index (χ4v) is 4.43. The highest BCUT2D eigenvalue weighted by Crippen LogP contribution is 2.36. The van der Waals surface area contributed by atoms with Crippen molar-refractivity contribution in [2.75, 3.05) is 6.54 Å². The van der Waals surface area contributed by atoms with Crippen LogP contribution in [0.4, 0.5) is 0 Å². The first-order valence-electron chi connectivity index (χ1n) is 6.35. The van der Waals surface area contributed by atoms with E-state index >= 15 is 0 Å². The minimum atomic E-state index is 0.240. The van der Waals surface area contributed by atoms with Gasteiger partial charge in [-0.1, -0.05) is 35.0 Å². The first-order chi connectivity index (χ1) is 9.13. The van der Waals surface area contributed by atoms with Gasteiger partial charge in [0.15, 0.2) is 0 Å². The Balaban J connectivity index is 2.40. The lowest BCUT2D eigenvalue weighted by molar-refractivity contribution is 0.602. The molecule has 0 bridgehead atoms. The first-order valence-corrected chi connectivity index (χ1v) is 8.82. The second-order valence-electron chi connectivity index (χ2n) is 4.54. The predicted molar refractivity (Wildman–Crippen MR) is 91.0 cm³/mol. The second kappa shape index (κ2) is 7.02. The number of rotatable bonds is 5. The molecular formula is C15H17Br2NS. The molecule has 102 valence electrons. The molecule has 19 heavy (non-hydrogen) atoms. The molecule has 1 unspecified atom stereocenters. The van der Waals surface area contributed by atoms with E-state index in [2.05, 4.69) is 80.7 Å². The van der Waals surface area contributed by atoms with Crippen molar-refractivity contribution in [3.8, 4) is 0 Å². The van der Waals surface area contributed by atoms with Crippen LogP contribution in [-0.4, -0.2) is 6.54 Å².